The highest BCUT2D eigenvalue weighted by Crippen LogP contribution is 2.23. The standard InChI is InChI=1S/C34H42N2O6/c1-5-40-33(39)30(23-25-11-7-6-8-12-25)36-32(38)28-15-13-26(14-16-28)27-17-19-29(20-18-27)41-22-10-9-21-35-24-31(37)42-34(2,3)4/h6-8,11-20,30,35H,5,9-10,21-24H2,1-4H3,(H,36,38)/t30-/m0/s1. The van der Waals surface area contributed by atoms with Crippen LogP contribution in [0.4, 0.5) is 0 Å². The lowest BCUT2D eigenvalue weighted by Gasteiger charge is -2.19. The van der Waals surface area contributed by atoms with Crippen molar-refractivity contribution < 1.29 is 28.6 Å². The molecule has 2 N–H and O–H groups in total. The zero-order valence-corrected chi connectivity index (χ0v) is 25.0. The first-order chi connectivity index (χ1) is 20.1. The smallest absolute Gasteiger partial charge is 0.328 e. The van der Waals surface area contributed by atoms with Crippen molar-refractivity contribution in [3.05, 3.63) is 90.0 Å². The highest BCUT2D eigenvalue weighted by molar-refractivity contribution is 5.97. The van der Waals surface area contributed by atoms with Gasteiger partial charge in [0.2, 0.25) is 0 Å². The number of amides is 1. The Labute approximate surface area is 248 Å². The molecule has 0 unspecified atom stereocenters. The number of nitrogens with one attached hydrogen (secondary N) is 2. The monoisotopic (exact) mass is 574 g/mol. The number of benzene rings is 3. The molecule has 0 saturated heterocycles. The first kappa shape index (κ1) is 32.3. The number of rotatable bonds is 15. The topological polar surface area (TPSA) is 103 Å². The van der Waals surface area contributed by atoms with Gasteiger partial charge < -0.3 is 24.8 Å². The normalized spacial score (nSPS) is 11.8. The summed E-state index contributed by atoms with van der Waals surface area (Å²) < 4.78 is 16.3. The van der Waals surface area contributed by atoms with Crippen LogP contribution < -0.4 is 15.4 Å². The van der Waals surface area contributed by atoms with Gasteiger partial charge >= 0.3 is 11.9 Å². The molecule has 1 atom stereocenters. The number of ether oxygens (including phenoxy) is 3. The molecule has 0 aliphatic rings. The van der Waals surface area contributed by atoms with E-state index in [9.17, 15) is 14.4 Å². The predicted octanol–water partition coefficient (Wildman–Crippen LogP) is 5.35. The van der Waals surface area contributed by atoms with Gasteiger partial charge in [0.05, 0.1) is 19.8 Å². The van der Waals surface area contributed by atoms with Gasteiger partial charge in [0.15, 0.2) is 0 Å². The second-order valence-electron chi connectivity index (χ2n) is 10.9. The van der Waals surface area contributed by atoms with Crippen molar-refractivity contribution in [3.63, 3.8) is 0 Å². The summed E-state index contributed by atoms with van der Waals surface area (Å²) in [6.07, 6.45) is 2.09. The van der Waals surface area contributed by atoms with E-state index in [2.05, 4.69) is 10.6 Å². The van der Waals surface area contributed by atoms with Crippen LogP contribution in [0.1, 0.15) is 56.5 Å². The number of esters is 2. The number of hydrogen-bond acceptors (Lipinski definition) is 7. The number of unbranched alkanes of at least 4 members (excludes halogenated alkanes) is 1. The third-order valence-corrected chi connectivity index (χ3v) is 6.20. The molecule has 3 rings (SSSR count). The molecule has 42 heavy (non-hydrogen) atoms. The minimum absolute atomic E-state index is 0.202. The van der Waals surface area contributed by atoms with Crippen LogP contribution in [0.25, 0.3) is 11.1 Å². The molecule has 8 nitrogen and oxygen atoms in total. The maximum absolute atomic E-state index is 12.9. The van der Waals surface area contributed by atoms with Gasteiger partial charge in [0.25, 0.3) is 5.91 Å². The Morgan fingerprint density at radius 2 is 1.48 bits per heavy atom. The highest BCUT2D eigenvalue weighted by Gasteiger charge is 2.23. The summed E-state index contributed by atoms with van der Waals surface area (Å²) in [4.78, 5) is 37.2. The number of hydrogen-bond donors (Lipinski definition) is 2. The molecule has 0 spiro atoms. The maximum atomic E-state index is 12.9. The van der Waals surface area contributed by atoms with E-state index in [0.717, 1.165) is 35.3 Å². The second-order valence-corrected chi connectivity index (χ2v) is 10.9. The van der Waals surface area contributed by atoms with Gasteiger partial charge in [-0.2, -0.15) is 0 Å². The number of carbonyl (C=O) groups is 3. The van der Waals surface area contributed by atoms with Crippen molar-refractivity contribution in [1.29, 1.82) is 0 Å². The van der Waals surface area contributed by atoms with E-state index in [4.69, 9.17) is 14.2 Å². The fraction of sp³-hybridized carbons (Fsp3) is 0.382. The summed E-state index contributed by atoms with van der Waals surface area (Å²) in [5.41, 5.74) is 2.88. The molecule has 224 valence electrons. The Hall–Kier alpha value is -4.17. The molecule has 3 aromatic carbocycles. The summed E-state index contributed by atoms with van der Waals surface area (Å²) >= 11 is 0. The van der Waals surface area contributed by atoms with Crippen molar-refractivity contribution in [1.82, 2.24) is 10.6 Å². The van der Waals surface area contributed by atoms with Gasteiger partial charge in [-0.1, -0.05) is 54.6 Å². The third kappa shape index (κ3) is 11.4. The average Bonchev–Trinajstić information content (AvgIpc) is 2.96. The predicted molar refractivity (Wildman–Crippen MR) is 163 cm³/mol. The van der Waals surface area contributed by atoms with E-state index in [1.165, 1.54) is 0 Å². The van der Waals surface area contributed by atoms with E-state index < -0.39 is 17.6 Å². The Kier molecular flexibility index (Phi) is 12.6. The average molecular weight is 575 g/mol. The van der Waals surface area contributed by atoms with E-state index in [0.29, 0.717) is 25.1 Å². The summed E-state index contributed by atoms with van der Waals surface area (Å²) in [5, 5.41) is 5.92. The van der Waals surface area contributed by atoms with Gasteiger partial charge in [-0.15, -0.1) is 0 Å². The zero-order chi connectivity index (χ0) is 30.4. The third-order valence-electron chi connectivity index (χ3n) is 6.20. The number of carbonyl (C=O) groups excluding carboxylic acids is 3. The van der Waals surface area contributed by atoms with Crippen LogP contribution in [-0.2, 0) is 25.5 Å². The van der Waals surface area contributed by atoms with E-state index in [1.807, 2.05) is 87.5 Å². The molecular weight excluding hydrogens is 532 g/mol. The van der Waals surface area contributed by atoms with Crippen LogP contribution in [-0.4, -0.2) is 55.8 Å². The lowest BCUT2D eigenvalue weighted by Crippen LogP contribution is -2.43. The molecule has 0 aromatic heterocycles. The van der Waals surface area contributed by atoms with Crippen LogP contribution in [0, 0.1) is 0 Å². The van der Waals surface area contributed by atoms with Gasteiger partial charge in [-0.25, -0.2) is 4.79 Å². The van der Waals surface area contributed by atoms with Crippen LogP contribution in [0.15, 0.2) is 78.9 Å². The van der Waals surface area contributed by atoms with Crippen molar-refractivity contribution in [2.45, 2.75) is 58.6 Å². The van der Waals surface area contributed by atoms with Gasteiger partial charge in [-0.3, -0.25) is 9.59 Å². The molecule has 0 radical (unpaired) electrons. The molecule has 0 aliphatic carbocycles. The molecule has 1 amide bonds. The van der Waals surface area contributed by atoms with Crippen molar-refractivity contribution in [2.75, 3.05) is 26.3 Å². The first-order valence-electron chi connectivity index (χ1n) is 14.4. The summed E-state index contributed by atoms with van der Waals surface area (Å²) in [6, 6.07) is 23.8. The largest absolute Gasteiger partial charge is 0.494 e. The molecule has 0 fully saturated rings. The SMILES string of the molecule is CCOC(=O)[C@H](Cc1ccccc1)NC(=O)c1ccc(-c2ccc(OCCCCNCC(=O)OC(C)(C)C)cc2)cc1. The van der Waals surface area contributed by atoms with Crippen LogP contribution in [0.2, 0.25) is 0 Å². The second kappa shape index (κ2) is 16.3. The lowest BCUT2D eigenvalue weighted by atomic mass is 10.0. The molecule has 0 saturated carbocycles. The zero-order valence-electron chi connectivity index (χ0n) is 25.0. The molecule has 0 heterocycles. The fourth-order valence-corrected chi connectivity index (χ4v) is 4.20. The summed E-state index contributed by atoms with van der Waals surface area (Å²) in [7, 11) is 0. The molecule has 8 heteroatoms. The Bertz CT molecular complexity index is 1270. The van der Waals surface area contributed by atoms with Gasteiger partial charge in [0, 0.05) is 12.0 Å². The molecule has 0 bridgehead atoms. The quantitative estimate of drug-likeness (QED) is 0.186. The molecular formula is C34H42N2O6. The Morgan fingerprint density at radius 1 is 0.833 bits per heavy atom. The summed E-state index contributed by atoms with van der Waals surface area (Å²) in [5.74, 6) is -0.263. The Morgan fingerprint density at radius 3 is 2.10 bits per heavy atom. The minimum Gasteiger partial charge on any atom is -0.494 e. The molecule has 0 aliphatic heterocycles. The van der Waals surface area contributed by atoms with E-state index in [-0.39, 0.29) is 25.0 Å². The van der Waals surface area contributed by atoms with Crippen molar-refractivity contribution in [3.8, 4) is 16.9 Å². The molecule has 3 aromatic rings. The van der Waals surface area contributed by atoms with Gasteiger partial charge in [-0.05, 0) is 88.0 Å². The van der Waals surface area contributed by atoms with Crippen molar-refractivity contribution >= 4 is 17.8 Å². The fourth-order valence-electron chi connectivity index (χ4n) is 4.20. The van der Waals surface area contributed by atoms with E-state index in [1.54, 1.807) is 19.1 Å². The van der Waals surface area contributed by atoms with Crippen LogP contribution >= 0.6 is 0 Å². The van der Waals surface area contributed by atoms with Crippen LogP contribution in [0.3, 0.4) is 0 Å². The van der Waals surface area contributed by atoms with E-state index >= 15 is 0 Å². The lowest BCUT2D eigenvalue weighted by molar-refractivity contribution is -0.153. The minimum atomic E-state index is -0.777. The van der Waals surface area contributed by atoms with Crippen molar-refractivity contribution in [2.24, 2.45) is 0 Å². The highest BCUT2D eigenvalue weighted by atomic mass is 16.6. The van der Waals surface area contributed by atoms with Crippen LogP contribution in [0.5, 0.6) is 5.75 Å². The summed E-state index contributed by atoms with van der Waals surface area (Å²) in [6.45, 7) is 9.04. The van der Waals surface area contributed by atoms with Gasteiger partial charge in [0.1, 0.15) is 17.4 Å². The first-order valence-corrected chi connectivity index (χ1v) is 14.4. The Balaban J connectivity index is 1.45. The maximum Gasteiger partial charge on any atom is 0.328 e.